The Bertz CT molecular complexity index is 258. The van der Waals surface area contributed by atoms with E-state index in [-0.39, 0.29) is 5.60 Å². The highest BCUT2D eigenvalue weighted by Gasteiger charge is 2.39. The van der Waals surface area contributed by atoms with Gasteiger partial charge in [0.2, 0.25) is 0 Å². The molecule has 3 unspecified atom stereocenters. The topological polar surface area (TPSA) is 30.5 Å². The van der Waals surface area contributed by atoms with Crippen molar-refractivity contribution >= 4 is 0 Å². The van der Waals surface area contributed by atoms with Crippen molar-refractivity contribution in [1.82, 2.24) is 5.32 Å². The van der Waals surface area contributed by atoms with Gasteiger partial charge in [0.05, 0.1) is 5.60 Å². The molecule has 0 bridgehead atoms. The van der Waals surface area contributed by atoms with E-state index < -0.39 is 0 Å². The van der Waals surface area contributed by atoms with Gasteiger partial charge in [-0.05, 0) is 44.9 Å². The molecule has 3 heteroatoms. The van der Waals surface area contributed by atoms with Gasteiger partial charge in [-0.3, -0.25) is 0 Å². The van der Waals surface area contributed by atoms with E-state index in [1.807, 2.05) is 0 Å². The minimum atomic E-state index is 0.115. The molecular weight excluding hydrogens is 238 g/mol. The third-order valence-electron chi connectivity index (χ3n) is 4.87. The summed E-state index contributed by atoms with van der Waals surface area (Å²) < 4.78 is 11.6. The number of rotatable bonds is 5. The van der Waals surface area contributed by atoms with Crippen LogP contribution in [0.5, 0.6) is 0 Å². The van der Waals surface area contributed by atoms with Crippen molar-refractivity contribution in [2.24, 2.45) is 5.92 Å². The van der Waals surface area contributed by atoms with Crippen molar-refractivity contribution in [2.45, 2.75) is 77.0 Å². The fourth-order valence-electron chi connectivity index (χ4n) is 3.50. The molecule has 3 atom stereocenters. The first-order chi connectivity index (χ1) is 9.13. The SMILES string of the molecule is CCC(C)CC(C)NC1CCOC2(CCOCC2)C1. The highest BCUT2D eigenvalue weighted by Crippen LogP contribution is 2.34. The monoisotopic (exact) mass is 269 g/mol. The average Bonchev–Trinajstić information content (AvgIpc) is 2.39. The molecule has 3 nitrogen and oxygen atoms in total. The van der Waals surface area contributed by atoms with Crippen LogP contribution in [-0.4, -0.2) is 37.5 Å². The van der Waals surface area contributed by atoms with Crippen molar-refractivity contribution < 1.29 is 9.47 Å². The van der Waals surface area contributed by atoms with E-state index in [4.69, 9.17) is 9.47 Å². The van der Waals surface area contributed by atoms with Gasteiger partial charge in [0.15, 0.2) is 0 Å². The van der Waals surface area contributed by atoms with Crippen molar-refractivity contribution in [1.29, 1.82) is 0 Å². The molecule has 0 aromatic heterocycles. The highest BCUT2D eigenvalue weighted by atomic mass is 16.5. The second kappa shape index (κ2) is 7.05. The first-order valence-electron chi connectivity index (χ1n) is 8.11. The average molecular weight is 269 g/mol. The van der Waals surface area contributed by atoms with Crippen LogP contribution in [-0.2, 0) is 9.47 Å². The Hall–Kier alpha value is -0.120. The molecule has 0 saturated carbocycles. The van der Waals surface area contributed by atoms with E-state index in [1.165, 1.54) is 19.3 Å². The number of nitrogens with one attached hydrogen (secondary N) is 1. The van der Waals surface area contributed by atoms with Gasteiger partial charge in [-0.1, -0.05) is 20.3 Å². The number of ether oxygens (including phenoxy) is 2. The summed E-state index contributed by atoms with van der Waals surface area (Å²) in [5.41, 5.74) is 0.115. The molecule has 2 fully saturated rings. The predicted molar refractivity (Wildman–Crippen MR) is 78.4 cm³/mol. The van der Waals surface area contributed by atoms with E-state index in [1.54, 1.807) is 0 Å². The standard InChI is InChI=1S/C16H31NO2/c1-4-13(2)11-14(3)17-15-5-8-19-16(12-15)6-9-18-10-7-16/h13-15,17H,4-12H2,1-3H3. The zero-order valence-electron chi connectivity index (χ0n) is 12.9. The maximum Gasteiger partial charge on any atom is 0.0741 e. The van der Waals surface area contributed by atoms with E-state index in [0.29, 0.717) is 12.1 Å². The molecule has 2 saturated heterocycles. The first-order valence-corrected chi connectivity index (χ1v) is 8.11. The highest BCUT2D eigenvalue weighted by molar-refractivity contribution is 4.92. The van der Waals surface area contributed by atoms with Crippen molar-refractivity contribution in [2.75, 3.05) is 19.8 Å². The number of hydrogen-bond donors (Lipinski definition) is 1. The molecule has 1 N–H and O–H groups in total. The molecule has 0 aromatic carbocycles. The van der Waals surface area contributed by atoms with Crippen LogP contribution in [0.3, 0.4) is 0 Å². The summed E-state index contributed by atoms with van der Waals surface area (Å²) in [5, 5.41) is 3.83. The summed E-state index contributed by atoms with van der Waals surface area (Å²) in [6.07, 6.45) is 7.04. The Balaban J connectivity index is 1.80. The lowest BCUT2D eigenvalue weighted by molar-refractivity contribution is -0.140. The van der Waals surface area contributed by atoms with E-state index in [0.717, 1.165) is 45.0 Å². The molecule has 19 heavy (non-hydrogen) atoms. The molecule has 0 amide bonds. The van der Waals surface area contributed by atoms with Crippen LogP contribution >= 0.6 is 0 Å². The summed E-state index contributed by atoms with van der Waals surface area (Å²) in [5.74, 6) is 0.819. The molecule has 112 valence electrons. The van der Waals surface area contributed by atoms with Crippen LogP contribution in [0.4, 0.5) is 0 Å². The molecule has 0 aliphatic carbocycles. The molecule has 2 rings (SSSR count). The second-order valence-corrected chi connectivity index (χ2v) is 6.65. The second-order valence-electron chi connectivity index (χ2n) is 6.65. The van der Waals surface area contributed by atoms with Crippen LogP contribution in [0.1, 0.15) is 59.3 Å². The Morgan fingerprint density at radius 2 is 1.95 bits per heavy atom. The normalized spacial score (nSPS) is 30.2. The lowest BCUT2D eigenvalue weighted by Crippen LogP contribution is -2.51. The van der Waals surface area contributed by atoms with E-state index >= 15 is 0 Å². The largest absolute Gasteiger partial charge is 0.381 e. The van der Waals surface area contributed by atoms with Gasteiger partial charge in [-0.25, -0.2) is 0 Å². The quantitative estimate of drug-likeness (QED) is 0.832. The maximum atomic E-state index is 6.10. The summed E-state index contributed by atoms with van der Waals surface area (Å²) in [7, 11) is 0. The Kier molecular flexibility index (Phi) is 5.67. The molecule has 2 heterocycles. The lowest BCUT2D eigenvalue weighted by Gasteiger charge is -2.44. The lowest BCUT2D eigenvalue weighted by atomic mass is 9.83. The van der Waals surface area contributed by atoms with Gasteiger partial charge >= 0.3 is 0 Å². The van der Waals surface area contributed by atoms with Gasteiger partial charge in [-0.15, -0.1) is 0 Å². The van der Waals surface area contributed by atoms with Crippen LogP contribution in [0.2, 0.25) is 0 Å². The third kappa shape index (κ3) is 4.44. The Morgan fingerprint density at radius 1 is 1.21 bits per heavy atom. The van der Waals surface area contributed by atoms with Gasteiger partial charge < -0.3 is 14.8 Å². The fraction of sp³-hybridized carbons (Fsp3) is 1.00. The van der Waals surface area contributed by atoms with Crippen LogP contribution in [0.15, 0.2) is 0 Å². The summed E-state index contributed by atoms with van der Waals surface area (Å²) in [6, 6.07) is 1.25. The summed E-state index contributed by atoms with van der Waals surface area (Å²) in [6.45, 7) is 9.61. The molecule has 0 radical (unpaired) electrons. The van der Waals surface area contributed by atoms with Gasteiger partial charge in [0, 0.05) is 31.9 Å². The molecule has 1 spiro atoms. The van der Waals surface area contributed by atoms with Crippen molar-refractivity contribution in [3.8, 4) is 0 Å². The smallest absolute Gasteiger partial charge is 0.0741 e. The molecule has 2 aliphatic rings. The fourth-order valence-corrected chi connectivity index (χ4v) is 3.50. The Labute approximate surface area is 118 Å². The minimum Gasteiger partial charge on any atom is -0.381 e. The number of hydrogen-bond acceptors (Lipinski definition) is 3. The predicted octanol–water partition coefficient (Wildman–Crippen LogP) is 3.13. The maximum absolute atomic E-state index is 6.10. The minimum absolute atomic E-state index is 0.115. The molecule has 0 aromatic rings. The van der Waals surface area contributed by atoms with Crippen LogP contribution in [0, 0.1) is 5.92 Å². The molecular formula is C16H31NO2. The van der Waals surface area contributed by atoms with Gasteiger partial charge in [-0.2, -0.15) is 0 Å². The first kappa shape index (κ1) is 15.3. The molecule has 2 aliphatic heterocycles. The zero-order valence-corrected chi connectivity index (χ0v) is 12.9. The van der Waals surface area contributed by atoms with Crippen LogP contribution in [0.25, 0.3) is 0 Å². The zero-order chi connectivity index (χ0) is 13.7. The summed E-state index contributed by atoms with van der Waals surface area (Å²) >= 11 is 0. The van der Waals surface area contributed by atoms with E-state index in [2.05, 4.69) is 26.1 Å². The van der Waals surface area contributed by atoms with Crippen molar-refractivity contribution in [3.05, 3.63) is 0 Å². The third-order valence-corrected chi connectivity index (χ3v) is 4.87. The van der Waals surface area contributed by atoms with Gasteiger partial charge in [0.1, 0.15) is 0 Å². The Morgan fingerprint density at radius 3 is 2.63 bits per heavy atom. The van der Waals surface area contributed by atoms with Gasteiger partial charge in [0.25, 0.3) is 0 Å². The summed E-state index contributed by atoms with van der Waals surface area (Å²) in [4.78, 5) is 0. The van der Waals surface area contributed by atoms with Crippen LogP contribution < -0.4 is 5.32 Å². The van der Waals surface area contributed by atoms with Crippen molar-refractivity contribution in [3.63, 3.8) is 0 Å². The van der Waals surface area contributed by atoms with E-state index in [9.17, 15) is 0 Å².